The van der Waals surface area contributed by atoms with Crippen LogP contribution in [-0.4, -0.2) is 15.1 Å². The molecule has 0 aliphatic carbocycles. The summed E-state index contributed by atoms with van der Waals surface area (Å²) in [7, 11) is 0. The first-order valence-electron chi connectivity index (χ1n) is 5.27. The molecular weight excluding hydrogens is 316 g/mol. The minimum Gasteiger partial charge on any atom is -0.389 e. The van der Waals surface area contributed by atoms with E-state index in [2.05, 4.69) is 25.9 Å². The number of hydrogen-bond donors (Lipinski definition) is 2. The number of benzene rings is 1. The number of rotatable bonds is 3. The van der Waals surface area contributed by atoms with Gasteiger partial charge in [-0.3, -0.25) is 4.79 Å². The SMILES string of the molecule is CC(O)c1ccc(Sc2nccc(=O)[nH]2)c(Br)c1. The highest BCUT2D eigenvalue weighted by atomic mass is 79.9. The predicted molar refractivity (Wildman–Crippen MR) is 73.8 cm³/mol. The highest BCUT2D eigenvalue weighted by Crippen LogP contribution is 2.32. The lowest BCUT2D eigenvalue weighted by molar-refractivity contribution is 0.199. The van der Waals surface area contributed by atoms with Crippen molar-refractivity contribution in [1.82, 2.24) is 9.97 Å². The van der Waals surface area contributed by atoms with Gasteiger partial charge < -0.3 is 10.1 Å². The zero-order chi connectivity index (χ0) is 13.1. The first-order chi connectivity index (χ1) is 8.56. The van der Waals surface area contributed by atoms with Gasteiger partial charge in [0.2, 0.25) is 0 Å². The molecule has 2 rings (SSSR count). The van der Waals surface area contributed by atoms with Crippen LogP contribution in [0.2, 0.25) is 0 Å². The number of aliphatic hydroxyl groups excluding tert-OH is 1. The number of H-pyrrole nitrogens is 1. The third-order valence-electron chi connectivity index (χ3n) is 2.29. The summed E-state index contributed by atoms with van der Waals surface area (Å²) >= 11 is 4.79. The number of nitrogens with one attached hydrogen (secondary N) is 1. The number of hydrogen-bond acceptors (Lipinski definition) is 4. The van der Waals surface area contributed by atoms with E-state index in [1.807, 2.05) is 18.2 Å². The molecule has 0 aliphatic rings. The average molecular weight is 327 g/mol. The molecule has 1 unspecified atom stereocenters. The zero-order valence-electron chi connectivity index (χ0n) is 9.55. The Morgan fingerprint density at radius 2 is 2.22 bits per heavy atom. The molecule has 0 radical (unpaired) electrons. The topological polar surface area (TPSA) is 66.0 Å². The van der Waals surface area contributed by atoms with E-state index in [9.17, 15) is 9.90 Å². The predicted octanol–water partition coefficient (Wildman–Crippen LogP) is 2.74. The Kier molecular flexibility index (Phi) is 4.21. The van der Waals surface area contributed by atoms with E-state index in [0.29, 0.717) is 5.16 Å². The maximum atomic E-state index is 11.2. The Morgan fingerprint density at radius 3 is 2.83 bits per heavy atom. The lowest BCUT2D eigenvalue weighted by Gasteiger charge is -2.08. The van der Waals surface area contributed by atoms with E-state index in [-0.39, 0.29) is 5.56 Å². The number of nitrogens with zero attached hydrogens (tertiary/aromatic N) is 1. The van der Waals surface area contributed by atoms with Crippen molar-refractivity contribution in [3.8, 4) is 0 Å². The number of aliphatic hydroxyl groups is 1. The second-order valence-electron chi connectivity index (χ2n) is 3.71. The lowest BCUT2D eigenvalue weighted by atomic mass is 10.1. The Labute approximate surface area is 117 Å². The molecule has 4 nitrogen and oxygen atoms in total. The summed E-state index contributed by atoms with van der Waals surface area (Å²) in [4.78, 5) is 18.8. The summed E-state index contributed by atoms with van der Waals surface area (Å²) in [6.45, 7) is 1.71. The Morgan fingerprint density at radius 1 is 1.44 bits per heavy atom. The van der Waals surface area contributed by atoms with E-state index in [4.69, 9.17) is 0 Å². The molecule has 94 valence electrons. The fourth-order valence-electron chi connectivity index (χ4n) is 1.37. The van der Waals surface area contributed by atoms with Crippen LogP contribution in [0.25, 0.3) is 0 Å². The molecule has 2 N–H and O–H groups in total. The summed E-state index contributed by atoms with van der Waals surface area (Å²) in [6.07, 6.45) is 0.967. The van der Waals surface area contributed by atoms with Gasteiger partial charge in [-0.15, -0.1) is 0 Å². The summed E-state index contributed by atoms with van der Waals surface area (Å²) in [5.41, 5.74) is 0.657. The third-order valence-corrected chi connectivity index (χ3v) is 4.19. The molecule has 6 heteroatoms. The minimum atomic E-state index is -0.505. The number of aromatic nitrogens is 2. The van der Waals surface area contributed by atoms with Crippen molar-refractivity contribution in [2.75, 3.05) is 0 Å². The van der Waals surface area contributed by atoms with Crippen LogP contribution in [0.1, 0.15) is 18.6 Å². The average Bonchev–Trinajstić information content (AvgIpc) is 2.31. The smallest absolute Gasteiger partial charge is 0.251 e. The maximum absolute atomic E-state index is 11.2. The molecule has 1 aromatic heterocycles. The highest BCUT2D eigenvalue weighted by Gasteiger charge is 2.07. The molecule has 18 heavy (non-hydrogen) atoms. The monoisotopic (exact) mass is 326 g/mol. The Balaban J connectivity index is 2.27. The van der Waals surface area contributed by atoms with Gasteiger partial charge in [0.1, 0.15) is 0 Å². The first kappa shape index (κ1) is 13.3. The summed E-state index contributed by atoms with van der Waals surface area (Å²) in [6, 6.07) is 6.95. The molecule has 1 heterocycles. The van der Waals surface area contributed by atoms with Gasteiger partial charge in [0.05, 0.1) is 6.10 Å². The van der Waals surface area contributed by atoms with Gasteiger partial charge in [-0.05, 0) is 40.5 Å². The largest absolute Gasteiger partial charge is 0.389 e. The third kappa shape index (κ3) is 3.22. The van der Waals surface area contributed by atoms with Gasteiger partial charge in [0, 0.05) is 21.6 Å². The standard InChI is InChI=1S/C12H11BrN2O2S/c1-7(16)8-2-3-10(9(13)6-8)18-12-14-5-4-11(17)15-12/h2-7,16H,1H3,(H,14,15,17). The Hall–Kier alpha value is -1.11. The van der Waals surface area contributed by atoms with E-state index in [1.54, 1.807) is 6.92 Å². The number of halogens is 1. The molecule has 0 saturated heterocycles. The van der Waals surface area contributed by atoms with Gasteiger partial charge in [-0.2, -0.15) is 0 Å². The molecule has 2 aromatic rings. The molecule has 1 atom stereocenters. The molecule has 0 fully saturated rings. The maximum Gasteiger partial charge on any atom is 0.251 e. The van der Waals surface area contributed by atoms with Crippen LogP contribution in [0, 0.1) is 0 Å². The van der Waals surface area contributed by atoms with Crippen molar-refractivity contribution in [1.29, 1.82) is 0 Å². The summed E-state index contributed by atoms with van der Waals surface area (Å²) < 4.78 is 0.859. The van der Waals surface area contributed by atoms with Crippen LogP contribution in [0.15, 0.2) is 49.8 Å². The number of aromatic amines is 1. The fraction of sp³-hybridized carbons (Fsp3) is 0.167. The zero-order valence-corrected chi connectivity index (χ0v) is 12.0. The van der Waals surface area contributed by atoms with Crippen molar-refractivity contribution < 1.29 is 5.11 Å². The normalized spacial score (nSPS) is 12.4. The van der Waals surface area contributed by atoms with E-state index in [0.717, 1.165) is 14.9 Å². The molecule has 1 aromatic carbocycles. The van der Waals surface area contributed by atoms with Gasteiger partial charge in [0.15, 0.2) is 5.16 Å². The van der Waals surface area contributed by atoms with E-state index in [1.165, 1.54) is 24.0 Å². The summed E-state index contributed by atoms with van der Waals surface area (Å²) in [5, 5.41) is 10.0. The van der Waals surface area contributed by atoms with Crippen molar-refractivity contribution in [3.05, 3.63) is 50.9 Å². The van der Waals surface area contributed by atoms with Crippen LogP contribution in [0.5, 0.6) is 0 Å². The highest BCUT2D eigenvalue weighted by molar-refractivity contribution is 9.10. The van der Waals surface area contributed by atoms with Crippen molar-refractivity contribution >= 4 is 27.7 Å². The molecule has 0 saturated carbocycles. The van der Waals surface area contributed by atoms with Gasteiger partial charge in [-0.25, -0.2) is 4.98 Å². The minimum absolute atomic E-state index is 0.177. The van der Waals surface area contributed by atoms with Crippen LogP contribution < -0.4 is 5.56 Å². The quantitative estimate of drug-likeness (QED) is 0.851. The Bertz CT molecular complexity index is 613. The first-order valence-corrected chi connectivity index (χ1v) is 6.88. The van der Waals surface area contributed by atoms with Crippen molar-refractivity contribution in [2.45, 2.75) is 23.1 Å². The molecular formula is C12H11BrN2O2S. The lowest BCUT2D eigenvalue weighted by Crippen LogP contribution is -2.05. The van der Waals surface area contributed by atoms with Crippen LogP contribution in [-0.2, 0) is 0 Å². The van der Waals surface area contributed by atoms with Crippen LogP contribution in [0.3, 0.4) is 0 Å². The van der Waals surface area contributed by atoms with Crippen molar-refractivity contribution in [3.63, 3.8) is 0 Å². The van der Waals surface area contributed by atoms with Crippen LogP contribution >= 0.6 is 27.7 Å². The van der Waals surface area contributed by atoms with Crippen molar-refractivity contribution in [2.24, 2.45) is 0 Å². The second-order valence-corrected chi connectivity index (χ2v) is 5.59. The van der Waals surface area contributed by atoms with Gasteiger partial charge in [0.25, 0.3) is 5.56 Å². The van der Waals surface area contributed by atoms with E-state index >= 15 is 0 Å². The van der Waals surface area contributed by atoms with E-state index < -0.39 is 6.10 Å². The molecule has 0 bridgehead atoms. The summed E-state index contributed by atoms with van der Waals surface area (Å²) in [5.74, 6) is 0. The second kappa shape index (κ2) is 5.69. The van der Waals surface area contributed by atoms with Crippen LogP contribution in [0.4, 0.5) is 0 Å². The molecule has 0 amide bonds. The fourth-order valence-corrected chi connectivity index (χ4v) is 2.77. The van der Waals surface area contributed by atoms with Gasteiger partial charge in [-0.1, -0.05) is 17.8 Å². The van der Waals surface area contributed by atoms with Gasteiger partial charge >= 0.3 is 0 Å². The molecule has 0 spiro atoms. The molecule has 0 aliphatic heterocycles.